The molecule has 1 spiro atoms. The number of hydrogen-bond acceptors (Lipinski definition) is 5. The quantitative estimate of drug-likeness (QED) is 0.531. The van der Waals surface area contributed by atoms with Crippen LogP contribution in [0.25, 0.3) is 10.8 Å². The van der Waals surface area contributed by atoms with E-state index >= 15 is 0 Å². The van der Waals surface area contributed by atoms with Gasteiger partial charge in [0.1, 0.15) is 17.8 Å². The van der Waals surface area contributed by atoms with Crippen molar-refractivity contribution in [1.82, 2.24) is 15.2 Å². The van der Waals surface area contributed by atoms with Crippen LogP contribution in [-0.4, -0.2) is 52.7 Å². The summed E-state index contributed by atoms with van der Waals surface area (Å²) in [7, 11) is 1.61. The van der Waals surface area contributed by atoms with E-state index in [0.29, 0.717) is 19.3 Å². The molecule has 1 saturated carbocycles. The number of imide groups is 1. The average molecular weight is 497 g/mol. The van der Waals surface area contributed by atoms with Gasteiger partial charge in [-0.25, -0.2) is 9.80 Å². The van der Waals surface area contributed by atoms with Crippen LogP contribution in [0.1, 0.15) is 49.3 Å². The second kappa shape index (κ2) is 9.03. The lowest BCUT2D eigenvalue weighted by atomic mass is 9.96. The molecular weight excluding hydrogens is 468 g/mol. The molecule has 188 valence electrons. The smallest absolute Gasteiger partial charge is 0.325 e. The summed E-state index contributed by atoms with van der Waals surface area (Å²) in [6, 6.07) is 20.9. The first-order valence-electron chi connectivity index (χ1n) is 12.6. The Morgan fingerprint density at radius 1 is 1.03 bits per heavy atom. The monoisotopic (exact) mass is 496 g/mol. The number of hydrazone groups is 1. The first-order valence-corrected chi connectivity index (χ1v) is 12.6. The van der Waals surface area contributed by atoms with E-state index in [1.807, 2.05) is 48.5 Å². The molecular formula is C29H28N4O4. The Balaban J connectivity index is 1.31. The molecule has 3 aromatic carbocycles. The zero-order chi connectivity index (χ0) is 25.6. The molecule has 37 heavy (non-hydrogen) atoms. The van der Waals surface area contributed by atoms with Crippen molar-refractivity contribution >= 4 is 34.3 Å². The van der Waals surface area contributed by atoms with Gasteiger partial charge in [-0.15, -0.1) is 0 Å². The van der Waals surface area contributed by atoms with Gasteiger partial charge < -0.3 is 10.1 Å². The van der Waals surface area contributed by atoms with Crippen molar-refractivity contribution in [1.29, 1.82) is 0 Å². The summed E-state index contributed by atoms with van der Waals surface area (Å²) in [4.78, 5) is 40.5. The summed E-state index contributed by atoms with van der Waals surface area (Å²) < 4.78 is 5.30. The molecule has 4 amide bonds. The Kier molecular flexibility index (Phi) is 5.67. The highest BCUT2D eigenvalue weighted by molar-refractivity contribution is 6.10. The fourth-order valence-corrected chi connectivity index (χ4v) is 5.71. The Bertz CT molecular complexity index is 1430. The van der Waals surface area contributed by atoms with Crippen LogP contribution in [0, 0.1) is 0 Å². The van der Waals surface area contributed by atoms with Gasteiger partial charge in [-0.1, -0.05) is 61.4 Å². The summed E-state index contributed by atoms with van der Waals surface area (Å²) in [6.07, 6.45) is 3.52. The fourth-order valence-electron chi connectivity index (χ4n) is 5.71. The molecule has 6 rings (SSSR count). The van der Waals surface area contributed by atoms with E-state index in [0.717, 1.165) is 51.1 Å². The minimum atomic E-state index is -0.850. The van der Waals surface area contributed by atoms with Crippen molar-refractivity contribution in [2.75, 3.05) is 13.7 Å². The van der Waals surface area contributed by atoms with E-state index in [-0.39, 0.29) is 18.5 Å². The molecule has 1 saturated heterocycles. The molecule has 3 aromatic rings. The van der Waals surface area contributed by atoms with E-state index in [4.69, 9.17) is 9.84 Å². The lowest BCUT2D eigenvalue weighted by Crippen LogP contribution is -2.45. The highest BCUT2D eigenvalue weighted by Gasteiger charge is 2.53. The van der Waals surface area contributed by atoms with Crippen LogP contribution in [0.2, 0.25) is 0 Å². The predicted octanol–water partition coefficient (Wildman–Crippen LogP) is 4.39. The number of ether oxygens (including phenoxy) is 1. The molecule has 3 aliphatic rings. The number of nitrogens with one attached hydrogen (secondary N) is 1. The number of carbonyl (C=O) groups excluding carboxylic acids is 3. The normalized spacial score (nSPS) is 20.6. The van der Waals surface area contributed by atoms with Crippen LogP contribution in [0.5, 0.6) is 5.75 Å². The maximum atomic E-state index is 13.6. The Hall–Kier alpha value is -4.20. The number of hydrogen-bond donors (Lipinski definition) is 1. The number of methoxy groups -OCH3 is 1. The number of fused-ring (bicyclic) bond motifs is 1. The molecule has 0 aromatic heterocycles. The van der Waals surface area contributed by atoms with Gasteiger partial charge in [0, 0.05) is 6.42 Å². The largest absolute Gasteiger partial charge is 0.497 e. The van der Waals surface area contributed by atoms with Crippen LogP contribution in [-0.2, 0) is 9.59 Å². The number of nitrogens with zero attached hydrogens (tertiary/aromatic N) is 3. The number of benzene rings is 3. The van der Waals surface area contributed by atoms with E-state index in [1.54, 1.807) is 7.11 Å². The van der Waals surface area contributed by atoms with Crippen molar-refractivity contribution < 1.29 is 19.1 Å². The summed E-state index contributed by atoms with van der Waals surface area (Å²) >= 11 is 0. The molecule has 8 heteroatoms. The first kappa shape index (κ1) is 23.2. The number of rotatable bonds is 5. The van der Waals surface area contributed by atoms with Crippen molar-refractivity contribution in [2.24, 2.45) is 5.10 Å². The minimum absolute atomic E-state index is 0.303. The maximum Gasteiger partial charge on any atom is 0.325 e. The highest BCUT2D eigenvalue weighted by Crippen LogP contribution is 2.37. The van der Waals surface area contributed by atoms with Gasteiger partial charge in [-0.05, 0) is 52.9 Å². The van der Waals surface area contributed by atoms with Crippen LogP contribution < -0.4 is 10.1 Å². The molecule has 2 aliphatic heterocycles. The third kappa shape index (κ3) is 4.02. The molecule has 0 unspecified atom stereocenters. The van der Waals surface area contributed by atoms with Gasteiger partial charge in [-0.3, -0.25) is 14.5 Å². The van der Waals surface area contributed by atoms with Crippen LogP contribution in [0.3, 0.4) is 0 Å². The Morgan fingerprint density at radius 2 is 1.76 bits per heavy atom. The third-order valence-corrected chi connectivity index (χ3v) is 7.75. The van der Waals surface area contributed by atoms with Gasteiger partial charge in [0.15, 0.2) is 0 Å². The first-order chi connectivity index (χ1) is 18.0. The number of amides is 4. The number of urea groups is 1. The van der Waals surface area contributed by atoms with E-state index < -0.39 is 17.5 Å². The van der Waals surface area contributed by atoms with Crippen LogP contribution >= 0.6 is 0 Å². The van der Waals surface area contributed by atoms with Gasteiger partial charge in [0.25, 0.3) is 11.8 Å². The summed E-state index contributed by atoms with van der Waals surface area (Å²) in [6.45, 7) is -0.340. The summed E-state index contributed by atoms with van der Waals surface area (Å²) in [5, 5.41) is 11.3. The van der Waals surface area contributed by atoms with E-state index in [9.17, 15) is 14.4 Å². The summed E-state index contributed by atoms with van der Waals surface area (Å²) in [5.41, 5.74) is 1.77. The van der Waals surface area contributed by atoms with Crippen molar-refractivity contribution in [3.8, 4) is 5.75 Å². The molecule has 2 heterocycles. The SMILES string of the molecule is COc1ccc([C@H]2CC(c3ccc4ccccc4c3)=NN2C(=O)CN2C(=O)NC3(CCCC3)C2=O)cc1. The molecule has 2 fully saturated rings. The second-order valence-electron chi connectivity index (χ2n) is 9.95. The maximum absolute atomic E-state index is 13.6. The lowest BCUT2D eigenvalue weighted by molar-refractivity contribution is -0.140. The predicted molar refractivity (Wildman–Crippen MR) is 139 cm³/mol. The zero-order valence-electron chi connectivity index (χ0n) is 20.6. The summed E-state index contributed by atoms with van der Waals surface area (Å²) in [5.74, 6) is 0.0221. The zero-order valence-corrected chi connectivity index (χ0v) is 20.6. The van der Waals surface area contributed by atoms with Gasteiger partial charge >= 0.3 is 6.03 Å². The van der Waals surface area contributed by atoms with E-state index in [2.05, 4.69) is 23.5 Å². The standard InChI is InChI=1S/C29H28N4O4/c1-37-23-12-10-20(11-13-23)25-17-24(22-9-8-19-6-2-3-7-21(19)16-22)31-33(25)26(34)18-32-27(35)29(30-28(32)36)14-4-5-15-29/h2-3,6-13,16,25H,4-5,14-15,17-18H2,1H3,(H,30,36)/t25-/m1/s1. The molecule has 0 bridgehead atoms. The average Bonchev–Trinajstić information content (AvgIpc) is 3.64. The Labute approximate surface area is 214 Å². The van der Waals surface area contributed by atoms with Gasteiger partial charge in [0.2, 0.25) is 0 Å². The minimum Gasteiger partial charge on any atom is -0.497 e. The molecule has 1 atom stereocenters. The van der Waals surface area contributed by atoms with Crippen LogP contribution in [0.15, 0.2) is 71.8 Å². The highest BCUT2D eigenvalue weighted by atomic mass is 16.5. The molecule has 0 radical (unpaired) electrons. The topological polar surface area (TPSA) is 91.3 Å². The third-order valence-electron chi connectivity index (χ3n) is 7.75. The van der Waals surface area contributed by atoms with Crippen molar-refractivity contribution in [3.05, 3.63) is 77.9 Å². The van der Waals surface area contributed by atoms with Gasteiger partial charge in [0.05, 0.1) is 18.9 Å². The number of carbonyl (C=O) groups is 3. The van der Waals surface area contributed by atoms with Gasteiger partial charge in [-0.2, -0.15) is 5.10 Å². The van der Waals surface area contributed by atoms with E-state index in [1.165, 1.54) is 5.01 Å². The molecule has 1 aliphatic carbocycles. The van der Waals surface area contributed by atoms with Crippen molar-refractivity contribution in [3.63, 3.8) is 0 Å². The Morgan fingerprint density at radius 3 is 2.49 bits per heavy atom. The van der Waals surface area contributed by atoms with Crippen molar-refractivity contribution in [2.45, 2.75) is 43.7 Å². The lowest BCUT2D eigenvalue weighted by Gasteiger charge is -2.24. The fraction of sp³-hybridized carbons (Fsp3) is 0.310. The van der Waals surface area contributed by atoms with Crippen LogP contribution in [0.4, 0.5) is 4.79 Å². The molecule has 1 N–H and O–H groups in total. The molecule has 8 nitrogen and oxygen atoms in total. The second-order valence-corrected chi connectivity index (χ2v) is 9.95.